The first kappa shape index (κ1) is 18.3. The van der Waals surface area contributed by atoms with Crippen molar-refractivity contribution in [3.8, 4) is 0 Å². The number of nitrogens with zero attached hydrogens (tertiary/aromatic N) is 2. The zero-order chi connectivity index (χ0) is 19.0. The number of benzene rings is 2. The Labute approximate surface area is 175 Å². The number of carbonyl (C=O) groups is 1. The first-order valence-electron chi connectivity index (χ1n) is 8.48. The van der Waals surface area contributed by atoms with Gasteiger partial charge in [-0.25, -0.2) is 0 Å². The van der Waals surface area contributed by atoms with E-state index in [0.29, 0.717) is 14.9 Å². The highest BCUT2D eigenvalue weighted by atomic mass is 79.9. The van der Waals surface area contributed by atoms with Crippen molar-refractivity contribution in [3.63, 3.8) is 0 Å². The SMILES string of the molecule is CCc1ccc(/C=C2\SC(=S)N(c3ccc(Br)c4cccnc34)C2=O)cc1. The predicted molar refractivity (Wildman–Crippen MR) is 121 cm³/mol. The Bertz CT molecular complexity index is 1090. The average molecular weight is 455 g/mol. The molecule has 1 aliphatic rings. The molecule has 0 aliphatic carbocycles. The lowest BCUT2D eigenvalue weighted by molar-refractivity contribution is -0.113. The highest BCUT2D eigenvalue weighted by Gasteiger charge is 2.34. The Balaban J connectivity index is 1.74. The van der Waals surface area contributed by atoms with Crippen LogP contribution in [0.25, 0.3) is 17.0 Å². The summed E-state index contributed by atoms with van der Waals surface area (Å²) in [6.07, 6.45) is 4.61. The standard InChI is InChI=1S/C21H15BrN2OS2/c1-2-13-5-7-14(8-6-13)12-18-20(25)24(21(26)27-18)17-10-9-16(22)15-4-3-11-23-19(15)17/h3-12H,2H2,1H3/b18-12-. The molecule has 134 valence electrons. The van der Waals surface area contributed by atoms with Crippen molar-refractivity contribution in [2.45, 2.75) is 13.3 Å². The number of hydrogen-bond acceptors (Lipinski definition) is 4. The van der Waals surface area contributed by atoms with E-state index < -0.39 is 0 Å². The molecule has 0 radical (unpaired) electrons. The Morgan fingerprint density at radius 2 is 1.96 bits per heavy atom. The van der Waals surface area contributed by atoms with Crippen LogP contribution in [-0.2, 0) is 11.2 Å². The molecule has 0 N–H and O–H groups in total. The highest BCUT2D eigenvalue weighted by Crippen LogP contribution is 2.39. The van der Waals surface area contributed by atoms with Crippen LogP contribution in [-0.4, -0.2) is 15.2 Å². The zero-order valence-electron chi connectivity index (χ0n) is 14.5. The van der Waals surface area contributed by atoms with E-state index in [2.05, 4.69) is 40.0 Å². The van der Waals surface area contributed by atoms with Crippen LogP contribution in [0.1, 0.15) is 18.1 Å². The van der Waals surface area contributed by atoms with Gasteiger partial charge in [-0.3, -0.25) is 14.7 Å². The van der Waals surface area contributed by atoms with Gasteiger partial charge in [-0.15, -0.1) is 0 Å². The lowest BCUT2D eigenvalue weighted by atomic mass is 10.1. The molecule has 0 saturated carbocycles. The smallest absolute Gasteiger partial charge is 0.268 e. The number of thioether (sulfide) groups is 1. The molecular formula is C21H15BrN2OS2. The monoisotopic (exact) mass is 454 g/mol. The number of aryl methyl sites for hydroxylation is 1. The Kier molecular flexibility index (Phi) is 5.12. The summed E-state index contributed by atoms with van der Waals surface area (Å²) in [6, 6.07) is 15.9. The predicted octanol–water partition coefficient (Wildman–Crippen LogP) is 5.97. The van der Waals surface area contributed by atoms with Gasteiger partial charge >= 0.3 is 0 Å². The van der Waals surface area contributed by atoms with Crippen LogP contribution in [0.4, 0.5) is 5.69 Å². The van der Waals surface area contributed by atoms with Crippen molar-refractivity contribution in [1.29, 1.82) is 0 Å². The van der Waals surface area contributed by atoms with Gasteiger partial charge in [0.05, 0.1) is 16.1 Å². The van der Waals surface area contributed by atoms with E-state index in [4.69, 9.17) is 12.2 Å². The number of thiocarbonyl (C=S) groups is 1. The number of pyridine rings is 1. The Morgan fingerprint density at radius 3 is 2.70 bits per heavy atom. The number of amides is 1. The molecule has 0 bridgehead atoms. The van der Waals surface area contributed by atoms with Gasteiger partial charge in [0, 0.05) is 16.1 Å². The summed E-state index contributed by atoms with van der Waals surface area (Å²) in [6.45, 7) is 2.12. The van der Waals surface area contributed by atoms with Crippen LogP contribution in [0.3, 0.4) is 0 Å². The van der Waals surface area contributed by atoms with Gasteiger partial charge in [0.1, 0.15) is 0 Å². The summed E-state index contributed by atoms with van der Waals surface area (Å²) in [4.78, 5) is 19.8. The molecule has 1 amide bonds. The van der Waals surface area contributed by atoms with E-state index in [-0.39, 0.29) is 5.91 Å². The topological polar surface area (TPSA) is 33.2 Å². The summed E-state index contributed by atoms with van der Waals surface area (Å²) in [7, 11) is 0. The quantitative estimate of drug-likeness (QED) is 0.360. The van der Waals surface area contributed by atoms with Gasteiger partial charge in [-0.1, -0.05) is 77.2 Å². The van der Waals surface area contributed by atoms with Crippen LogP contribution in [0.15, 0.2) is 64.1 Å². The summed E-state index contributed by atoms with van der Waals surface area (Å²) in [5.74, 6) is -0.112. The molecule has 6 heteroatoms. The average Bonchev–Trinajstić information content (AvgIpc) is 2.96. The number of anilines is 1. The maximum absolute atomic E-state index is 13.1. The Hall–Kier alpha value is -2.02. The maximum Gasteiger partial charge on any atom is 0.270 e. The minimum Gasteiger partial charge on any atom is -0.268 e. The fraction of sp³-hybridized carbons (Fsp3) is 0.0952. The molecule has 1 aromatic heterocycles. The van der Waals surface area contributed by atoms with E-state index >= 15 is 0 Å². The van der Waals surface area contributed by atoms with Gasteiger partial charge in [-0.05, 0) is 41.8 Å². The van der Waals surface area contributed by atoms with Crippen molar-refractivity contribution in [1.82, 2.24) is 4.98 Å². The lowest BCUT2D eigenvalue weighted by Gasteiger charge is -2.17. The molecule has 2 aromatic carbocycles. The molecule has 1 fully saturated rings. The molecule has 1 saturated heterocycles. The minimum atomic E-state index is -0.112. The van der Waals surface area contributed by atoms with Crippen LogP contribution in [0.2, 0.25) is 0 Å². The molecule has 4 rings (SSSR count). The van der Waals surface area contributed by atoms with Gasteiger partial charge in [-0.2, -0.15) is 0 Å². The zero-order valence-corrected chi connectivity index (χ0v) is 17.7. The van der Waals surface area contributed by atoms with Crippen molar-refractivity contribution in [2.24, 2.45) is 0 Å². The maximum atomic E-state index is 13.1. The minimum absolute atomic E-state index is 0.112. The lowest BCUT2D eigenvalue weighted by Crippen LogP contribution is -2.27. The molecular weight excluding hydrogens is 440 g/mol. The molecule has 1 aliphatic heterocycles. The van der Waals surface area contributed by atoms with Crippen molar-refractivity contribution >= 4 is 72.8 Å². The summed E-state index contributed by atoms with van der Waals surface area (Å²) >= 11 is 10.4. The van der Waals surface area contributed by atoms with Gasteiger partial charge < -0.3 is 0 Å². The third kappa shape index (κ3) is 3.45. The fourth-order valence-corrected chi connectivity index (χ4v) is 4.72. The molecule has 3 nitrogen and oxygen atoms in total. The largest absolute Gasteiger partial charge is 0.270 e. The summed E-state index contributed by atoms with van der Waals surface area (Å²) < 4.78 is 1.46. The number of fused-ring (bicyclic) bond motifs is 1. The molecule has 0 spiro atoms. The van der Waals surface area contributed by atoms with Crippen molar-refractivity contribution < 1.29 is 4.79 Å². The third-order valence-corrected chi connectivity index (χ3v) is 6.41. The van der Waals surface area contributed by atoms with E-state index in [1.54, 1.807) is 11.1 Å². The van der Waals surface area contributed by atoms with Gasteiger partial charge in [0.15, 0.2) is 4.32 Å². The van der Waals surface area contributed by atoms with Crippen molar-refractivity contribution in [2.75, 3.05) is 4.90 Å². The van der Waals surface area contributed by atoms with Crippen molar-refractivity contribution in [3.05, 3.63) is 75.2 Å². The van der Waals surface area contributed by atoms with Gasteiger partial charge in [0.25, 0.3) is 5.91 Å². The summed E-state index contributed by atoms with van der Waals surface area (Å²) in [5.41, 5.74) is 3.72. The second-order valence-electron chi connectivity index (χ2n) is 6.08. The summed E-state index contributed by atoms with van der Waals surface area (Å²) in [5, 5.41) is 0.947. The second kappa shape index (κ2) is 7.54. The number of carbonyl (C=O) groups excluding carboxylic acids is 1. The first-order valence-corrected chi connectivity index (χ1v) is 10.5. The Morgan fingerprint density at radius 1 is 1.19 bits per heavy atom. The second-order valence-corrected chi connectivity index (χ2v) is 8.61. The fourth-order valence-electron chi connectivity index (χ4n) is 2.98. The molecule has 27 heavy (non-hydrogen) atoms. The van der Waals surface area contributed by atoms with E-state index in [0.717, 1.165) is 27.4 Å². The van der Waals surface area contributed by atoms with Crippen LogP contribution >= 0.6 is 39.9 Å². The van der Waals surface area contributed by atoms with E-state index in [9.17, 15) is 4.79 Å². The molecule has 0 atom stereocenters. The number of aromatic nitrogens is 1. The molecule has 3 aromatic rings. The third-order valence-electron chi connectivity index (χ3n) is 4.42. The number of hydrogen-bond donors (Lipinski definition) is 0. The highest BCUT2D eigenvalue weighted by molar-refractivity contribution is 9.10. The normalized spacial score (nSPS) is 15.9. The number of halogens is 1. The van der Waals surface area contributed by atoms with Gasteiger partial charge in [0.2, 0.25) is 0 Å². The molecule has 0 unspecified atom stereocenters. The van der Waals surface area contributed by atoms with Crippen LogP contribution < -0.4 is 4.90 Å². The molecule has 2 heterocycles. The number of rotatable bonds is 3. The van der Waals surface area contributed by atoms with E-state index in [1.165, 1.54) is 17.3 Å². The van der Waals surface area contributed by atoms with Crippen LogP contribution in [0, 0.1) is 0 Å². The van der Waals surface area contributed by atoms with Crippen LogP contribution in [0.5, 0.6) is 0 Å². The first-order chi connectivity index (χ1) is 13.1. The van der Waals surface area contributed by atoms with E-state index in [1.807, 2.05) is 42.5 Å².